The third kappa shape index (κ3) is 3.97. The van der Waals surface area contributed by atoms with Gasteiger partial charge in [-0.3, -0.25) is 4.98 Å². The number of aliphatic imine (C=N–C) groups is 1. The number of rotatable bonds is 3. The van der Waals surface area contributed by atoms with Crippen LogP contribution in [-0.4, -0.2) is 17.0 Å². The quantitative estimate of drug-likeness (QED) is 0.577. The molecule has 4 heteroatoms. The zero-order chi connectivity index (χ0) is 11.3. The maximum Gasteiger partial charge on any atom is 0.189 e. The summed E-state index contributed by atoms with van der Waals surface area (Å²) < 4.78 is 0. The van der Waals surface area contributed by atoms with Crippen molar-refractivity contribution < 1.29 is 0 Å². The second kappa shape index (κ2) is 5.34. The minimum absolute atomic E-state index is 0.312. The van der Waals surface area contributed by atoms with Crippen LogP contribution in [0.2, 0.25) is 0 Å². The molecule has 1 heterocycles. The minimum atomic E-state index is 0.312. The molecule has 0 saturated heterocycles. The predicted molar refractivity (Wildman–Crippen MR) is 62.6 cm³/mol. The molecule has 0 amide bonds. The Morgan fingerprint density at radius 1 is 1.60 bits per heavy atom. The van der Waals surface area contributed by atoms with Crippen LogP contribution in [0.1, 0.15) is 25.0 Å². The Balaban J connectivity index is 2.60. The Bertz CT molecular complexity index is 344. The molecule has 0 radical (unpaired) electrons. The van der Waals surface area contributed by atoms with Crippen molar-refractivity contribution in [3.05, 3.63) is 29.6 Å². The van der Waals surface area contributed by atoms with E-state index in [1.165, 1.54) is 0 Å². The molecule has 0 saturated carbocycles. The first kappa shape index (κ1) is 11.5. The second-order valence-electron chi connectivity index (χ2n) is 3.80. The highest BCUT2D eigenvalue weighted by atomic mass is 15.1. The van der Waals surface area contributed by atoms with Crippen LogP contribution in [0.25, 0.3) is 0 Å². The summed E-state index contributed by atoms with van der Waals surface area (Å²) in [5.41, 5.74) is 7.98. The van der Waals surface area contributed by atoms with Crippen LogP contribution >= 0.6 is 0 Å². The molecule has 0 aromatic carbocycles. The molecule has 1 aromatic heterocycles. The number of guanidine groups is 1. The van der Waals surface area contributed by atoms with Crippen LogP contribution in [0.4, 0.5) is 0 Å². The fourth-order valence-electron chi connectivity index (χ4n) is 1.19. The second-order valence-corrected chi connectivity index (χ2v) is 3.80. The summed E-state index contributed by atoms with van der Waals surface area (Å²) in [6, 6.07) is 2.27. The van der Waals surface area contributed by atoms with Gasteiger partial charge >= 0.3 is 0 Å². The Labute approximate surface area is 90.6 Å². The molecular weight excluding hydrogens is 188 g/mol. The first-order chi connectivity index (χ1) is 7.09. The average molecular weight is 206 g/mol. The van der Waals surface area contributed by atoms with E-state index in [9.17, 15) is 0 Å². The molecule has 0 unspecified atom stereocenters. The van der Waals surface area contributed by atoms with Crippen LogP contribution in [0, 0.1) is 6.92 Å². The fraction of sp³-hybridized carbons (Fsp3) is 0.455. The molecule has 1 rings (SSSR count). The predicted octanol–water partition coefficient (Wildman–Crippen LogP) is 1.20. The molecule has 1 aromatic rings. The molecule has 3 N–H and O–H groups in total. The number of pyridine rings is 1. The van der Waals surface area contributed by atoms with E-state index in [-0.39, 0.29) is 0 Å². The lowest BCUT2D eigenvalue weighted by molar-refractivity contribution is 0.723. The Morgan fingerprint density at radius 3 is 2.93 bits per heavy atom. The van der Waals surface area contributed by atoms with Crippen molar-refractivity contribution in [2.24, 2.45) is 10.7 Å². The van der Waals surface area contributed by atoms with Gasteiger partial charge in [-0.2, -0.15) is 0 Å². The van der Waals surface area contributed by atoms with Gasteiger partial charge in [0.2, 0.25) is 0 Å². The van der Waals surface area contributed by atoms with E-state index in [4.69, 9.17) is 5.73 Å². The summed E-state index contributed by atoms with van der Waals surface area (Å²) in [5, 5.41) is 3.04. The Morgan fingerprint density at radius 2 is 2.33 bits per heavy atom. The molecule has 0 spiro atoms. The van der Waals surface area contributed by atoms with E-state index in [2.05, 4.69) is 15.3 Å². The minimum Gasteiger partial charge on any atom is -0.370 e. The van der Waals surface area contributed by atoms with Gasteiger partial charge in [-0.25, -0.2) is 4.99 Å². The molecule has 0 aliphatic carbocycles. The van der Waals surface area contributed by atoms with E-state index in [0.29, 0.717) is 18.5 Å². The van der Waals surface area contributed by atoms with E-state index < -0.39 is 0 Å². The summed E-state index contributed by atoms with van der Waals surface area (Å²) in [5.74, 6) is 0.487. The normalized spacial score (nSPS) is 11.9. The van der Waals surface area contributed by atoms with Crippen molar-refractivity contribution in [1.29, 1.82) is 0 Å². The third-order valence-electron chi connectivity index (χ3n) is 1.99. The van der Waals surface area contributed by atoms with Gasteiger partial charge in [-0.15, -0.1) is 0 Å². The smallest absolute Gasteiger partial charge is 0.189 e. The van der Waals surface area contributed by atoms with Crippen LogP contribution < -0.4 is 11.1 Å². The lowest BCUT2D eigenvalue weighted by Gasteiger charge is -2.08. The zero-order valence-electron chi connectivity index (χ0n) is 9.49. The molecular formula is C11H18N4. The van der Waals surface area contributed by atoms with Crippen LogP contribution in [0.3, 0.4) is 0 Å². The standard InChI is InChI=1S/C11H18N4/c1-8(2)15-11(12)14-7-10-4-5-13-6-9(10)3/h4-6,8H,7H2,1-3H3,(H3,12,14,15). The van der Waals surface area contributed by atoms with Crippen molar-refractivity contribution in [3.8, 4) is 0 Å². The molecule has 0 aliphatic heterocycles. The van der Waals surface area contributed by atoms with Crippen molar-refractivity contribution >= 4 is 5.96 Å². The van der Waals surface area contributed by atoms with Crippen molar-refractivity contribution in [2.75, 3.05) is 0 Å². The number of hydrogen-bond acceptors (Lipinski definition) is 2. The molecule has 15 heavy (non-hydrogen) atoms. The highest BCUT2D eigenvalue weighted by Gasteiger charge is 1.98. The first-order valence-corrected chi connectivity index (χ1v) is 5.05. The van der Waals surface area contributed by atoms with Gasteiger partial charge in [0, 0.05) is 18.4 Å². The third-order valence-corrected chi connectivity index (χ3v) is 1.99. The number of aryl methyl sites for hydroxylation is 1. The number of nitrogens with zero attached hydrogens (tertiary/aromatic N) is 2. The highest BCUT2D eigenvalue weighted by molar-refractivity contribution is 5.78. The molecule has 0 atom stereocenters. The van der Waals surface area contributed by atoms with Gasteiger partial charge < -0.3 is 11.1 Å². The van der Waals surface area contributed by atoms with E-state index >= 15 is 0 Å². The average Bonchev–Trinajstić information content (AvgIpc) is 2.15. The zero-order valence-corrected chi connectivity index (χ0v) is 9.49. The molecule has 0 bridgehead atoms. The van der Waals surface area contributed by atoms with Crippen molar-refractivity contribution in [3.63, 3.8) is 0 Å². The maximum absolute atomic E-state index is 5.70. The van der Waals surface area contributed by atoms with Gasteiger partial charge in [0.15, 0.2) is 5.96 Å². The van der Waals surface area contributed by atoms with E-state index in [1.54, 1.807) is 6.20 Å². The molecule has 0 fully saturated rings. The van der Waals surface area contributed by atoms with Gasteiger partial charge in [0.1, 0.15) is 0 Å². The van der Waals surface area contributed by atoms with Crippen molar-refractivity contribution in [1.82, 2.24) is 10.3 Å². The summed E-state index contributed by atoms with van der Waals surface area (Å²) in [6.45, 7) is 6.67. The molecule has 0 aliphatic rings. The van der Waals surface area contributed by atoms with Crippen LogP contribution in [-0.2, 0) is 6.54 Å². The Kier molecular flexibility index (Phi) is 4.09. The molecule has 4 nitrogen and oxygen atoms in total. The summed E-state index contributed by atoms with van der Waals surface area (Å²) >= 11 is 0. The largest absolute Gasteiger partial charge is 0.370 e. The lowest BCUT2D eigenvalue weighted by atomic mass is 10.2. The topological polar surface area (TPSA) is 63.3 Å². The first-order valence-electron chi connectivity index (χ1n) is 5.05. The van der Waals surface area contributed by atoms with Gasteiger partial charge in [-0.1, -0.05) is 0 Å². The van der Waals surface area contributed by atoms with E-state index in [0.717, 1.165) is 11.1 Å². The number of hydrogen-bond donors (Lipinski definition) is 2. The molecule has 82 valence electrons. The highest BCUT2D eigenvalue weighted by Crippen LogP contribution is 2.05. The van der Waals surface area contributed by atoms with Crippen LogP contribution in [0.15, 0.2) is 23.5 Å². The van der Waals surface area contributed by atoms with Gasteiger partial charge in [-0.05, 0) is 38.0 Å². The fourth-order valence-corrected chi connectivity index (χ4v) is 1.19. The van der Waals surface area contributed by atoms with E-state index in [1.807, 2.05) is 33.0 Å². The van der Waals surface area contributed by atoms with Gasteiger partial charge in [0.05, 0.1) is 6.54 Å². The number of aromatic nitrogens is 1. The number of nitrogens with two attached hydrogens (primary N) is 1. The SMILES string of the molecule is Cc1cnccc1CN=C(N)NC(C)C. The number of nitrogens with one attached hydrogen (secondary N) is 1. The summed E-state index contributed by atoms with van der Waals surface area (Å²) in [7, 11) is 0. The maximum atomic E-state index is 5.70. The lowest BCUT2D eigenvalue weighted by Crippen LogP contribution is -2.36. The van der Waals surface area contributed by atoms with Gasteiger partial charge in [0.25, 0.3) is 0 Å². The van der Waals surface area contributed by atoms with Crippen molar-refractivity contribution in [2.45, 2.75) is 33.4 Å². The monoisotopic (exact) mass is 206 g/mol. The summed E-state index contributed by atoms with van der Waals surface area (Å²) in [6.07, 6.45) is 3.60. The summed E-state index contributed by atoms with van der Waals surface area (Å²) in [4.78, 5) is 8.28. The Hall–Kier alpha value is -1.58. The van der Waals surface area contributed by atoms with Crippen LogP contribution in [0.5, 0.6) is 0 Å².